The van der Waals surface area contributed by atoms with Crippen molar-refractivity contribution in [3.05, 3.63) is 53.6 Å². The van der Waals surface area contributed by atoms with Crippen LogP contribution in [0, 0.1) is 5.92 Å². The second-order valence-corrected chi connectivity index (χ2v) is 11.5. The van der Waals surface area contributed by atoms with Crippen LogP contribution in [-0.2, 0) is 20.8 Å². The first-order valence-corrected chi connectivity index (χ1v) is 13.3. The van der Waals surface area contributed by atoms with Gasteiger partial charge in [0.15, 0.2) is 15.0 Å². The van der Waals surface area contributed by atoms with Gasteiger partial charge in [-0.05, 0) is 42.2 Å². The van der Waals surface area contributed by atoms with Gasteiger partial charge in [0, 0.05) is 6.26 Å². The van der Waals surface area contributed by atoms with Crippen molar-refractivity contribution < 1.29 is 26.4 Å². The van der Waals surface area contributed by atoms with Crippen LogP contribution in [-0.4, -0.2) is 25.6 Å². The Morgan fingerprint density at radius 2 is 1.88 bits per heavy atom. The molecular weight excluding hydrogens is 473 g/mol. The number of sulfone groups is 1. The minimum atomic E-state index is -4.87. The number of para-hydroxylation sites is 1. The summed E-state index contributed by atoms with van der Waals surface area (Å²) in [6.45, 7) is 0. The van der Waals surface area contributed by atoms with Crippen molar-refractivity contribution in [3.63, 3.8) is 0 Å². The minimum absolute atomic E-state index is 0.153. The van der Waals surface area contributed by atoms with E-state index in [0.29, 0.717) is 11.6 Å². The first-order chi connectivity index (χ1) is 15.5. The lowest BCUT2D eigenvalue weighted by atomic mass is 9.86. The van der Waals surface area contributed by atoms with Gasteiger partial charge in [0.2, 0.25) is 5.91 Å². The summed E-state index contributed by atoms with van der Waals surface area (Å²) in [5.41, 5.74) is -0.367. The molecule has 0 saturated heterocycles. The van der Waals surface area contributed by atoms with E-state index >= 15 is 0 Å². The van der Waals surface area contributed by atoms with Gasteiger partial charge in [0.05, 0.1) is 26.6 Å². The third-order valence-corrected chi connectivity index (χ3v) is 8.10. The van der Waals surface area contributed by atoms with E-state index < -0.39 is 38.3 Å². The van der Waals surface area contributed by atoms with Gasteiger partial charge >= 0.3 is 6.18 Å². The van der Waals surface area contributed by atoms with Crippen molar-refractivity contribution >= 4 is 42.4 Å². The Kier molecular flexibility index (Phi) is 6.50. The van der Waals surface area contributed by atoms with E-state index in [-0.39, 0.29) is 11.5 Å². The van der Waals surface area contributed by atoms with Crippen LogP contribution in [0.25, 0.3) is 10.2 Å². The predicted molar refractivity (Wildman–Crippen MR) is 122 cm³/mol. The molecule has 1 heterocycles. The summed E-state index contributed by atoms with van der Waals surface area (Å²) in [4.78, 5) is 16.9. The van der Waals surface area contributed by atoms with Crippen molar-refractivity contribution in [2.75, 3.05) is 11.6 Å². The number of nitrogens with zero attached hydrogens (tertiary/aromatic N) is 1. The lowest BCUT2D eigenvalue weighted by Gasteiger charge is -2.22. The molecule has 10 heteroatoms. The van der Waals surface area contributed by atoms with E-state index in [1.165, 1.54) is 17.4 Å². The maximum atomic E-state index is 13.7. The number of fused-ring (bicyclic) bond motifs is 1. The fourth-order valence-electron chi connectivity index (χ4n) is 4.40. The van der Waals surface area contributed by atoms with Crippen LogP contribution in [0.5, 0.6) is 0 Å². The summed E-state index contributed by atoms with van der Waals surface area (Å²) in [5.74, 6) is -1.07. The van der Waals surface area contributed by atoms with Crippen molar-refractivity contribution in [1.82, 2.24) is 4.98 Å². The van der Waals surface area contributed by atoms with Crippen LogP contribution in [0.3, 0.4) is 0 Å². The zero-order chi connectivity index (χ0) is 23.8. The van der Waals surface area contributed by atoms with Crippen molar-refractivity contribution in [2.24, 2.45) is 5.92 Å². The Morgan fingerprint density at radius 1 is 1.18 bits per heavy atom. The summed E-state index contributed by atoms with van der Waals surface area (Å²) in [7, 11) is -4.09. The van der Waals surface area contributed by atoms with Gasteiger partial charge < -0.3 is 5.32 Å². The molecule has 5 nitrogen and oxygen atoms in total. The van der Waals surface area contributed by atoms with Crippen LogP contribution in [0.2, 0.25) is 0 Å². The number of aromatic nitrogens is 1. The van der Waals surface area contributed by atoms with Gasteiger partial charge in [0.1, 0.15) is 0 Å². The Morgan fingerprint density at radius 3 is 2.52 bits per heavy atom. The van der Waals surface area contributed by atoms with Crippen molar-refractivity contribution in [3.8, 4) is 0 Å². The fourth-order valence-corrected chi connectivity index (χ4v) is 6.16. The quantitative estimate of drug-likeness (QED) is 0.453. The molecule has 3 aromatic rings. The highest BCUT2D eigenvalue weighted by atomic mass is 32.2. The number of alkyl halides is 3. The summed E-state index contributed by atoms with van der Waals surface area (Å²) in [6.07, 6.45) is 0.154. The first-order valence-electron chi connectivity index (χ1n) is 10.6. The molecule has 1 aliphatic carbocycles. The average Bonchev–Trinajstić information content (AvgIpc) is 3.39. The minimum Gasteiger partial charge on any atom is -0.301 e. The lowest BCUT2D eigenvalue weighted by Crippen LogP contribution is -2.24. The van der Waals surface area contributed by atoms with Crippen LogP contribution >= 0.6 is 11.3 Å². The van der Waals surface area contributed by atoms with Gasteiger partial charge in [0.25, 0.3) is 0 Å². The summed E-state index contributed by atoms with van der Waals surface area (Å²) in [5, 5.41) is 3.15. The molecule has 1 aromatic heterocycles. The van der Waals surface area contributed by atoms with Gasteiger partial charge in [-0.2, -0.15) is 13.2 Å². The molecule has 1 saturated carbocycles. The van der Waals surface area contributed by atoms with Crippen molar-refractivity contribution in [2.45, 2.75) is 49.1 Å². The maximum Gasteiger partial charge on any atom is 0.417 e. The van der Waals surface area contributed by atoms with Gasteiger partial charge in [-0.3, -0.25) is 4.79 Å². The molecule has 0 bridgehead atoms. The maximum absolute atomic E-state index is 13.7. The topological polar surface area (TPSA) is 76.1 Å². The molecule has 1 fully saturated rings. The molecule has 0 aliphatic heterocycles. The number of anilines is 1. The molecule has 2 aromatic carbocycles. The second-order valence-electron chi connectivity index (χ2n) is 8.44. The van der Waals surface area contributed by atoms with E-state index in [0.717, 1.165) is 54.3 Å². The standard InChI is InChI=1S/C23H23F3N2O3S2/c1-33(30,31)20-11-10-15(13-17(20)23(24,25)26)16(12-14-6-2-3-7-14)21(29)28-22-27-18-8-4-5-9-19(18)32-22/h4-5,8-11,13-14,16H,2-3,6-7,12H2,1H3,(H,27,28,29). The Hall–Kier alpha value is -2.46. The second kappa shape index (κ2) is 9.06. The van der Waals surface area contributed by atoms with Crippen molar-refractivity contribution in [1.29, 1.82) is 0 Å². The number of carbonyl (C=O) groups excluding carboxylic acids is 1. The number of halogens is 3. The normalized spacial score (nSPS) is 16.2. The molecule has 0 radical (unpaired) electrons. The molecule has 33 heavy (non-hydrogen) atoms. The zero-order valence-electron chi connectivity index (χ0n) is 17.9. The van der Waals surface area contributed by atoms with E-state index in [9.17, 15) is 26.4 Å². The number of hydrogen-bond donors (Lipinski definition) is 1. The predicted octanol–water partition coefficient (Wildman–Crippen LogP) is 6.02. The zero-order valence-corrected chi connectivity index (χ0v) is 19.5. The number of amides is 1. The SMILES string of the molecule is CS(=O)(=O)c1ccc(C(CC2CCCC2)C(=O)Nc2nc3ccccc3s2)cc1C(F)(F)F. The summed E-state index contributed by atoms with van der Waals surface area (Å²) >= 11 is 1.29. The third kappa shape index (κ3) is 5.38. The molecule has 1 atom stereocenters. The molecule has 0 spiro atoms. The molecule has 1 amide bonds. The molecule has 1 N–H and O–H groups in total. The number of thiazole rings is 1. The molecule has 1 aliphatic rings. The largest absolute Gasteiger partial charge is 0.417 e. The fraction of sp³-hybridized carbons (Fsp3) is 0.391. The number of benzene rings is 2. The van der Waals surface area contributed by atoms with Crippen LogP contribution in [0.15, 0.2) is 47.4 Å². The first kappa shape index (κ1) is 23.7. The highest BCUT2D eigenvalue weighted by Gasteiger charge is 2.38. The number of carbonyl (C=O) groups is 1. The Labute approximate surface area is 194 Å². The number of rotatable bonds is 6. The lowest BCUT2D eigenvalue weighted by molar-refractivity contribution is -0.140. The Bertz CT molecular complexity index is 1250. The molecular formula is C23H23F3N2O3S2. The van der Waals surface area contributed by atoms with E-state index in [1.54, 1.807) is 0 Å². The summed E-state index contributed by atoms with van der Waals surface area (Å²) in [6, 6.07) is 10.5. The van der Waals surface area contributed by atoms with Crippen LogP contribution in [0.4, 0.5) is 18.3 Å². The number of hydrogen-bond acceptors (Lipinski definition) is 5. The number of nitrogens with one attached hydrogen (secondary N) is 1. The van der Waals surface area contributed by atoms with Gasteiger partial charge in [-0.25, -0.2) is 13.4 Å². The van der Waals surface area contributed by atoms with Crippen LogP contribution in [0.1, 0.15) is 49.1 Å². The van der Waals surface area contributed by atoms with Crippen LogP contribution < -0.4 is 5.32 Å². The van der Waals surface area contributed by atoms with E-state index in [4.69, 9.17) is 0 Å². The highest BCUT2D eigenvalue weighted by Crippen LogP contribution is 2.40. The monoisotopic (exact) mass is 496 g/mol. The van der Waals surface area contributed by atoms with Gasteiger partial charge in [-0.15, -0.1) is 0 Å². The summed E-state index contributed by atoms with van der Waals surface area (Å²) < 4.78 is 65.9. The molecule has 4 rings (SSSR count). The smallest absolute Gasteiger partial charge is 0.301 e. The van der Waals surface area contributed by atoms with Gasteiger partial charge in [-0.1, -0.05) is 55.2 Å². The van der Waals surface area contributed by atoms with E-state index in [2.05, 4.69) is 10.3 Å². The average molecular weight is 497 g/mol. The third-order valence-electron chi connectivity index (χ3n) is 6.00. The highest BCUT2D eigenvalue weighted by molar-refractivity contribution is 7.90. The van der Waals surface area contributed by atoms with E-state index in [1.807, 2.05) is 24.3 Å². The Balaban J connectivity index is 1.71. The molecule has 1 unspecified atom stereocenters. The molecule has 176 valence electrons.